The van der Waals surface area contributed by atoms with Crippen LogP contribution in [-0.2, 0) is 11.4 Å². The van der Waals surface area contributed by atoms with Crippen molar-refractivity contribution in [3.8, 4) is 5.75 Å². The number of halogens is 2. The number of thioether (sulfide) groups is 1. The maximum atomic E-state index is 13.0. The van der Waals surface area contributed by atoms with Crippen LogP contribution >= 0.6 is 23.4 Å². The van der Waals surface area contributed by atoms with Gasteiger partial charge >= 0.3 is 0 Å². The van der Waals surface area contributed by atoms with Crippen molar-refractivity contribution >= 4 is 46.2 Å². The number of hydrogen-bond donors (Lipinski definition) is 1. The number of ether oxygens (including phenoxy) is 1. The molecule has 0 aromatic heterocycles. The maximum absolute atomic E-state index is 13.0. The number of aliphatic imine (C=N–C) groups is 1. The van der Waals surface area contributed by atoms with Crippen LogP contribution in [0.2, 0.25) is 5.02 Å². The smallest absolute Gasteiger partial charge is 0.264 e. The van der Waals surface area contributed by atoms with Crippen LogP contribution in [0.4, 0.5) is 10.1 Å². The Balaban J connectivity index is 1.42. The number of amidine groups is 1. The number of carbonyl (C=O) groups is 1. The maximum Gasteiger partial charge on any atom is 0.264 e. The van der Waals surface area contributed by atoms with Crippen LogP contribution in [0.3, 0.4) is 0 Å². The average Bonchev–Trinajstić information content (AvgIpc) is 3.10. The van der Waals surface area contributed by atoms with Crippen molar-refractivity contribution in [1.82, 2.24) is 5.32 Å². The number of nitrogens with zero attached hydrogens (tertiary/aromatic N) is 1. The molecule has 1 aliphatic rings. The summed E-state index contributed by atoms with van der Waals surface area (Å²) in [5.74, 6) is 0.222. The highest BCUT2D eigenvalue weighted by Crippen LogP contribution is 2.31. The normalized spacial score (nSPS) is 16.0. The Morgan fingerprint density at radius 2 is 1.84 bits per heavy atom. The summed E-state index contributed by atoms with van der Waals surface area (Å²) in [6.07, 6.45) is 1.80. The summed E-state index contributed by atoms with van der Waals surface area (Å²) in [5, 5.41) is 3.93. The first-order chi connectivity index (χ1) is 15.0. The molecule has 7 heteroatoms. The third-order valence-corrected chi connectivity index (χ3v) is 5.93. The summed E-state index contributed by atoms with van der Waals surface area (Å²) in [6, 6.07) is 19.1. The Morgan fingerprint density at radius 3 is 2.58 bits per heavy atom. The van der Waals surface area contributed by atoms with Crippen molar-refractivity contribution in [3.05, 3.63) is 99.2 Å². The van der Waals surface area contributed by atoms with E-state index < -0.39 is 0 Å². The highest BCUT2D eigenvalue weighted by atomic mass is 35.5. The van der Waals surface area contributed by atoms with Crippen LogP contribution in [-0.4, -0.2) is 11.1 Å². The summed E-state index contributed by atoms with van der Waals surface area (Å²) in [6.45, 7) is 2.24. The molecule has 1 N–H and O–H groups in total. The molecule has 31 heavy (non-hydrogen) atoms. The Hall–Kier alpha value is -3.09. The second-order valence-electron chi connectivity index (χ2n) is 6.85. The molecule has 0 aliphatic carbocycles. The van der Waals surface area contributed by atoms with E-state index in [1.165, 1.54) is 23.9 Å². The van der Waals surface area contributed by atoms with Gasteiger partial charge in [-0.3, -0.25) is 4.79 Å². The van der Waals surface area contributed by atoms with Crippen molar-refractivity contribution in [2.45, 2.75) is 13.5 Å². The van der Waals surface area contributed by atoms with Gasteiger partial charge in [-0.25, -0.2) is 9.38 Å². The van der Waals surface area contributed by atoms with E-state index in [0.29, 0.717) is 27.5 Å². The fourth-order valence-electron chi connectivity index (χ4n) is 2.87. The SMILES string of the molecule is Cc1c(Cl)cccc1N=C1NC(=O)/C(=C/c2ccc(OCc3ccc(F)cc3)cc2)S1. The molecule has 1 fully saturated rings. The first-order valence-corrected chi connectivity index (χ1v) is 10.7. The summed E-state index contributed by atoms with van der Waals surface area (Å²) >= 11 is 7.42. The van der Waals surface area contributed by atoms with E-state index >= 15 is 0 Å². The van der Waals surface area contributed by atoms with Crippen molar-refractivity contribution in [1.29, 1.82) is 0 Å². The second-order valence-corrected chi connectivity index (χ2v) is 8.29. The van der Waals surface area contributed by atoms with Crippen LogP contribution in [0.25, 0.3) is 6.08 Å². The topological polar surface area (TPSA) is 50.7 Å². The molecule has 1 amide bonds. The fourth-order valence-corrected chi connectivity index (χ4v) is 3.87. The average molecular weight is 453 g/mol. The third kappa shape index (κ3) is 5.34. The van der Waals surface area contributed by atoms with Gasteiger partial charge in [0.05, 0.1) is 10.6 Å². The summed E-state index contributed by atoms with van der Waals surface area (Å²) < 4.78 is 18.7. The molecule has 4 nitrogen and oxygen atoms in total. The summed E-state index contributed by atoms with van der Waals surface area (Å²) in [5.41, 5.74) is 3.33. The van der Waals surface area contributed by atoms with Gasteiger partial charge in [0.2, 0.25) is 0 Å². The largest absolute Gasteiger partial charge is 0.489 e. The predicted octanol–water partition coefficient (Wildman–Crippen LogP) is 6.26. The van der Waals surface area contributed by atoms with Gasteiger partial charge in [0.15, 0.2) is 5.17 Å². The van der Waals surface area contributed by atoms with Gasteiger partial charge in [-0.1, -0.05) is 41.9 Å². The van der Waals surface area contributed by atoms with Crippen molar-refractivity contribution in [2.75, 3.05) is 0 Å². The molecule has 156 valence electrons. The number of carbonyl (C=O) groups excluding carboxylic acids is 1. The Morgan fingerprint density at radius 1 is 1.10 bits per heavy atom. The molecule has 1 aliphatic heterocycles. The lowest BCUT2D eigenvalue weighted by molar-refractivity contribution is -0.115. The lowest BCUT2D eigenvalue weighted by Gasteiger charge is -2.06. The van der Waals surface area contributed by atoms with Crippen LogP contribution in [0.1, 0.15) is 16.7 Å². The zero-order valence-electron chi connectivity index (χ0n) is 16.6. The number of amides is 1. The molecule has 0 radical (unpaired) electrons. The molecule has 1 saturated heterocycles. The zero-order chi connectivity index (χ0) is 21.8. The predicted molar refractivity (Wildman–Crippen MR) is 124 cm³/mol. The number of nitrogens with one attached hydrogen (secondary N) is 1. The van der Waals surface area contributed by atoms with Gasteiger partial charge in [0, 0.05) is 5.02 Å². The van der Waals surface area contributed by atoms with Crippen molar-refractivity contribution in [2.24, 2.45) is 4.99 Å². The molecule has 1 heterocycles. The minimum Gasteiger partial charge on any atom is -0.489 e. The van der Waals surface area contributed by atoms with Crippen LogP contribution < -0.4 is 10.1 Å². The Labute approximate surface area is 188 Å². The van der Waals surface area contributed by atoms with Gasteiger partial charge in [-0.05, 0) is 77.9 Å². The van der Waals surface area contributed by atoms with E-state index in [4.69, 9.17) is 16.3 Å². The molecule has 0 unspecified atom stereocenters. The highest BCUT2D eigenvalue weighted by molar-refractivity contribution is 8.18. The first-order valence-electron chi connectivity index (χ1n) is 9.50. The molecular weight excluding hydrogens is 435 g/mol. The van der Waals surface area contributed by atoms with E-state index in [2.05, 4.69) is 10.3 Å². The minimum absolute atomic E-state index is 0.194. The molecular formula is C24H18ClFN2O2S. The highest BCUT2D eigenvalue weighted by Gasteiger charge is 2.24. The molecule has 0 atom stereocenters. The van der Waals surface area contributed by atoms with E-state index in [0.717, 1.165) is 22.4 Å². The first kappa shape index (κ1) is 21.2. The molecule has 0 bridgehead atoms. The standard InChI is InChI=1S/C24H18ClFN2O2S/c1-15-20(25)3-2-4-21(15)27-24-28-23(29)22(31-24)13-16-7-11-19(12-8-16)30-14-17-5-9-18(26)10-6-17/h2-13H,14H2,1H3,(H,27,28,29)/b22-13-. The van der Waals surface area contributed by atoms with Gasteiger partial charge in [-0.15, -0.1) is 0 Å². The molecule has 3 aromatic rings. The van der Waals surface area contributed by atoms with Crippen LogP contribution in [0, 0.1) is 12.7 Å². The van der Waals surface area contributed by atoms with E-state index in [9.17, 15) is 9.18 Å². The number of hydrogen-bond acceptors (Lipinski definition) is 4. The monoisotopic (exact) mass is 452 g/mol. The molecule has 0 spiro atoms. The Bertz CT molecular complexity index is 1180. The van der Waals surface area contributed by atoms with E-state index in [-0.39, 0.29) is 11.7 Å². The van der Waals surface area contributed by atoms with Crippen LogP contribution in [0.5, 0.6) is 5.75 Å². The molecule has 4 rings (SSSR count). The van der Waals surface area contributed by atoms with E-state index in [1.807, 2.05) is 43.3 Å². The van der Waals surface area contributed by atoms with Crippen molar-refractivity contribution in [3.63, 3.8) is 0 Å². The fraction of sp³-hybridized carbons (Fsp3) is 0.0833. The van der Waals surface area contributed by atoms with E-state index in [1.54, 1.807) is 24.3 Å². The van der Waals surface area contributed by atoms with Gasteiger partial charge < -0.3 is 10.1 Å². The summed E-state index contributed by atoms with van der Waals surface area (Å²) in [7, 11) is 0. The molecule has 0 saturated carbocycles. The lowest BCUT2D eigenvalue weighted by atomic mass is 10.2. The number of benzene rings is 3. The number of rotatable bonds is 5. The lowest BCUT2D eigenvalue weighted by Crippen LogP contribution is -2.19. The Kier molecular flexibility index (Phi) is 6.39. The zero-order valence-corrected chi connectivity index (χ0v) is 18.1. The second kappa shape index (κ2) is 9.37. The van der Waals surface area contributed by atoms with Gasteiger partial charge in [-0.2, -0.15) is 0 Å². The van der Waals surface area contributed by atoms with Gasteiger partial charge in [0.25, 0.3) is 5.91 Å². The van der Waals surface area contributed by atoms with Crippen LogP contribution in [0.15, 0.2) is 76.6 Å². The molecule has 3 aromatic carbocycles. The van der Waals surface area contributed by atoms with Crippen molar-refractivity contribution < 1.29 is 13.9 Å². The summed E-state index contributed by atoms with van der Waals surface area (Å²) in [4.78, 5) is 17.4. The third-order valence-electron chi connectivity index (χ3n) is 4.61. The quantitative estimate of drug-likeness (QED) is 0.465. The van der Waals surface area contributed by atoms with Gasteiger partial charge in [0.1, 0.15) is 18.2 Å². The minimum atomic E-state index is -0.272.